The van der Waals surface area contributed by atoms with E-state index in [2.05, 4.69) is 10.4 Å². The third-order valence-electron chi connectivity index (χ3n) is 4.76. The fourth-order valence-corrected chi connectivity index (χ4v) is 4.30. The standard InChI is InChI=1S/C20H17N3O4S/c1-10-3-8-15(28-10)18(25)14-9-16(24)21-19-17(14)11(2)22-23(19)13-6-4-12(5-7-13)20(26)27/h3-8,14H,9H2,1-2H3,(H,21,24)(H,26,27). The van der Waals surface area contributed by atoms with Crippen LogP contribution >= 0.6 is 11.3 Å². The highest BCUT2D eigenvalue weighted by Crippen LogP contribution is 2.39. The second-order valence-corrected chi connectivity index (χ2v) is 7.98. The molecule has 0 radical (unpaired) electrons. The summed E-state index contributed by atoms with van der Waals surface area (Å²) in [5.41, 5.74) is 2.13. The molecule has 0 fully saturated rings. The van der Waals surface area contributed by atoms with Crippen molar-refractivity contribution >= 4 is 34.8 Å². The predicted molar refractivity (Wildman–Crippen MR) is 105 cm³/mol. The number of carboxylic acid groups (broad SMARTS) is 1. The number of nitrogens with one attached hydrogen (secondary N) is 1. The molecule has 1 aromatic carbocycles. The normalized spacial score (nSPS) is 15.8. The minimum atomic E-state index is -1.02. The number of Topliss-reactive ketones (excluding diaryl/α,β-unsaturated/α-hetero) is 1. The molecule has 8 heteroatoms. The predicted octanol–water partition coefficient (Wildman–Crippen LogP) is 3.56. The zero-order valence-corrected chi connectivity index (χ0v) is 16.0. The van der Waals surface area contributed by atoms with Gasteiger partial charge in [0.1, 0.15) is 5.82 Å². The van der Waals surface area contributed by atoms with Gasteiger partial charge in [0.15, 0.2) is 5.78 Å². The van der Waals surface area contributed by atoms with E-state index in [0.29, 0.717) is 27.6 Å². The third kappa shape index (κ3) is 3.01. The lowest BCUT2D eigenvalue weighted by atomic mass is 9.87. The first-order valence-corrected chi connectivity index (χ1v) is 9.50. The summed E-state index contributed by atoms with van der Waals surface area (Å²) in [7, 11) is 0. The first-order chi connectivity index (χ1) is 13.3. The van der Waals surface area contributed by atoms with Crippen molar-refractivity contribution in [2.45, 2.75) is 26.2 Å². The van der Waals surface area contributed by atoms with E-state index < -0.39 is 11.9 Å². The topological polar surface area (TPSA) is 101 Å². The second kappa shape index (κ2) is 6.72. The molecule has 2 aromatic heterocycles. The van der Waals surface area contributed by atoms with Gasteiger partial charge in [-0.3, -0.25) is 9.59 Å². The largest absolute Gasteiger partial charge is 0.478 e. The molecule has 0 aliphatic carbocycles. The Kier molecular flexibility index (Phi) is 4.35. The van der Waals surface area contributed by atoms with Gasteiger partial charge >= 0.3 is 5.97 Å². The number of anilines is 1. The van der Waals surface area contributed by atoms with Crippen molar-refractivity contribution in [2.24, 2.45) is 0 Å². The van der Waals surface area contributed by atoms with Gasteiger partial charge in [-0.05, 0) is 50.2 Å². The fourth-order valence-electron chi connectivity index (χ4n) is 3.44. The molecule has 4 rings (SSSR count). The Morgan fingerprint density at radius 2 is 1.89 bits per heavy atom. The van der Waals surface area contributed by atoms with E-state index in [1.807, 2.05) is 13.0 Å². The van der Waals surface area contributed by atoms with Crippen LogP contribution in [0.1, 0.15) is 48.5 Å². The van der Waals surface area contributed by atoms with E-state index in [1.165, 1.54) is 23.5 Å². The molecule has 3 aromatic rings. The summed E-state index contributed by atoms with van der Waals surface area (Å²) < 4.78 is 1.55. The van der Waals surface area contributed by atoms with Crippen molar-refractivity contribution in [3.63, 3.8) is 0 Å². The van der Waals surface area contributed by atoms with Crippen LogP contribution in [0.2, 0.25) is 0 Å². The van der Waals surface area contributed by atoms with Gasteiger partial charge in [0, 0.05) is 16.9 Å². The molecule has 1 aliphatic heterocycles. The molecule has 3 heterocycles. The Balaban J connectivity index is 1.79. The van der Waals surface area contributed by atoms with Crippen LogP contribution in [0.5, 0.6) is 0 Å². The molecule has 1 unspecified atom stereocenters. The Hall–Kier alpha value is -3.26. The molecule has 1 atom stereocenters. The van der Waals surface area contributed by atoms with Crippen molar-refractivity contribution in [2.75, 3.05) is 5.32 Å². The molecule has 0 bridgehead atoms. The van der Waals surface area contributed by atoms with E-state index in [-0.39, 0.29) is 23.7 Å². The van der Waals surface area contributed by atoms with Crippen molar-refractivity contribution < 1.29 is 19.5 Å². The minimum absolute atomic E-state index is 0.0767. The van der Waals surface area contributed by atoms with E-state index in [4.69, 9.17) is 5.11 Å². The van der Waals surface area contributed by atoms with Gasteiger partial charge in [-0.15, -0.1) is 11.3 Å². The number of ketones is 1. The maximum Gasteiger partial charge on any atom is 0.335 e. The van der Waals surface area contributed by atoms with Crippen LogP contribution in [-0.4, -0.2) is 32.5 Å². The maximum absolute atomic E-state index is 13.1. The molecule has 2 N–H and O–H groups in total. The summed E-state index contributed by atoms with van der Waals surface area (Å²) in [6, 6.07) is 9.87. The molecule has 28 heavy (non-hydrogen) atoms. The number of hydrogen-bond acceptors (Lipinski definition) is 5. The molecule has 1 amide bonds. The lowest BCUT2D eigenvalue weighted by molar-refractivity contribution is -0.116. The number of thiophene rings is 1. The highest BCUT2D eigenvalue weighted by Gasteiger charge is 2.36. The zero-order chi connectivity index (χ0) is 20.0. The Labute approximate surface area is 164 Å². The van der Waals surface area contributed by atoms with E-state index >= 15 is 0 Å². The summed E-state index contributed by atoms with van der Waals surface area (Å²) >= 11 is 1.41. The van der Waals surface area contributed by atoms with Gasteiger partial charge < -0.3 is 10.4 Å². The van der Waals surface area contributed by atoms with Crippen LogP contribution in [-0.2, 0) is 4.79 Å². The number of nitrogens with zero attached hydrogens (tertiary/aromatic N) is 2. The average molecular weight is 395 g/mol. The number of carbonyl (C=O) groups excluding carboxylic acids is 2. The van der Waals surface area contributed by atoms with Crippen LogP contribution < -0.4 is 5.32 Å². The van der Waals surface area contributed by atoms with E-state index in [9.17, 15) is 14.4 Å². The number of aryl methyl sites for hydroxylation is 2. The summed E-state index contributed by atoms with van der Waals surface area (Å²) in [4.78, 5) is 38.1. The van der Waals surface area contributed by atoms with Crippen molar-refractivity contribution in [1.82, 2.24) is 9.78 Å². The lowest BCUT2D eigenvalue weighted by Gasteiger charge is -2.22. The van der Waals surface area contributed by atoms with Crippen molar-refractivity contribution in [3.05, 3.63) is 63.0 Å². The minimum Gasteiger partial charge on any atom is -0.478 e. The monoisotopic (exact) mass is 395 g/mol. The molecule has 0 saturated heterocycles. The highest BCUT2D eigenvalue weighted by atomic mass is 32.1. The van der Waals surface area contributed by atoms with Crippen LogP contribution in [0.4, 0.5) is 5.82 Å². The van der Waals surface area contributed by atoms with Gasteiger partial charge in [0.2, 0.25) is 5.91 Å². The Morgan fingerprint density at radius 3 is 2.50 bits per heavy atom. The van der Waals surface area contributed by atoms with Gasteiger partial charge in [0.05, 0.1) is 27.7 Å². The van der Waals surface area contributed by atoms with E-state index in [1.54, 1.807) is 29.8 Å². The Bertz CT molecular complexity index is 1110. The number of rotatable bonds is 4. The molecule has 0 spiro atoms. The number of benzene rings is 1. The zero-order valence-electron chi connectivity index (χ0n) is 15.2. The molecule has 7 nitrogen and oxygen atoms in total. The molecule has 1 aliphatic rings. The van der Waals surface area contributed by atoms with Gasteiger partial charge in [-0.2, -0.15) is 5.10 Å². The molecular weight excluding hydrogens is 378 g/mol. The summed E-state index contributed by atoms with van der Waals surface area (Å²) in [6.45, 7) is 3.74. The average Bonchev–Trinajstić information content (AvgIpc) is 3.24. The molecule has 142 valence electrons. The quantitative estimate of drug-likeness (QED) is 0.658. The fraction of sp³-hybridized carbons (Fsp3) is 0.200. The summed E-state index contributed by atoms with van der Waals surface area (Å²) in [5, 5.41) is 16.4. The van der Waals surface area contributed by atoms with Crippen molar-refractivity contribution in [1.29, 1.82) is 0 Å². The third-order valence-corrected chi connectivity index (χ3v) is 5.78. The Morgan fingerprint density at radius 1 is 1.18 bits per heavy atom. The SMILES string of the molecule is Cc1ccc(C(=O)C2CC(=O)Nc3c2c(C)nn3-c2ccc(C(=O)O)cc2)s1. The smallest absolute Gasteiger partial charge is 0.335 e. The van der Waals surface area contributed by atoms with Crippen molar-refractivity contribution in [3.8, 4) is 5.69 Å². The summed E-state index contributed by atoms with van der Waals surface area (Å²) in [5.74, 6) is -1.48. The van der Waals surface area contributed by atoms with Gasteiger partial charge in [-0.25, -0.2) is 9.48 Å². The number of aromatic nitrogens is 2. The number of amides is 1. The number of fused-ring (bicyclic) bond motifs is 1. The second-order valence-electron chi connectivity index (χ2n) is 6.69. The van der Waals surface area contributed by atoms with Crippen LogP contribution in [0.25, 0.3) is 5.69 Å². The first-order valence-electron chi connectivity index (χ1n) is 8.69. The lowest BCUT2D eigenvalue weighted by Crippen LogP contribution is -2.28. The van der Waals surface area contributed by atoms with Crippen LogP contribution in [0.3, 0.4) is 0 Å². The van der Waals surface area contributed by atoms with Crippen LogP contribution in [0.15, 0.2) is 36.4 Å². The van der Waals surface area contributed by atoms with Crippen LogP contribution in [0, 0.1) is 13.8 Å². The van der Waals surface area contributed by atoms with Gasteiger partial charge in [0.25, 0.3) is 0 Å². The molecule has 0 saturated carbocycles. The number of hydrogen-bond donors (Lipinski definition) is 2. The number of carboxylic acids is 1. The van der Waals surface area contributed by atoms with Gasteiger partial charge in [-0.1, -0.05) is 0 Å². The summed E-state index contributed by atoms with van der Waals surface area (Å²) in [6.07, 6.45) is 0.0767. The highest BCUT2D eigenvalue weighted by molar-refractivity contribution is 7.14. The number of aromatic carboxylic acids is 1. The first kappa shape index (κ1) is 18.1. The number of carbonyl (C=O) groups is 3. The maximum atomic E-state index is 13.1. The molecular formula is C20H17N3O4S. The van der Waals surface area contributed by atoms with E-state index in [0.717, 1.165) is 4.88 Å².